The van der Waals surface area contributed by atoms with Crippen LogP contribution in [0.2, 0.25) is 0 Å². The molecule has 1 aliphatic carbocycles. The van der Waals surface area contributed by atoms with Crippen LogP contribution in [0.3, 0.4) is 0 Å². The van der Waals surface area contributed by atoms with E-state index in [1.807, 2.05) is 40.7 Å². The number of hydrogen-bond acceptors (Lipinski definition) is 6. The Labute approximate surface area is 289 Å². The van der Waals surface area contributed by atoms with Crippen molar-refractivity contribution >= 4 is 18.1 Å². The smallest absolute Gasteiger partial charge is 0.337 e. The molecule has 0 radical (unpaired) electrons. The van der Waals surface area contributed by atoms with Crippen molar-refractivity contribution in [2.45, 2.75) is 151 Å². The maximum atomic E-state index is 13.4. The molecule has 1 spiro atoms. The van der Waals surface area contributed by atoms with Crippen LogP contribution in [-0.2, 0) is 14.3 Å². The van der Waals surface area contributed by atoms with Crippen LogP contribution in [0.1, 0.15) is 133 Å². The molecule has 2 fully saturated rings. The van der Waals surface area contributed by atoms with E-state index in [9.17, 15) is 9.59 Å². The third-order valence-corrected chi connectivity index (χ3v) is 9.73. The van der Waals surface area contributed by atoms with Crippen LogP contribution in [-0.4, -0.2) is 77.6 Å². The van der Waals surface area contributed by atoms with Gasteiger partial charge in [-0.25, -0.2) is 4.79 Å². The quantitative estimate of drug-likeness (QED) is 0.104. The van der Waals surface area contributed by atoms with Gasteiger partial charge in [0.15, 0.2) is 0 Å². The number of carbonyl (C=O) groups is 2. The van der Waals surface area contributed by atoms with E-state index in [1.54, 1.807) is 12.3 Å². The van der Waals surface area contributed by atoms with Crippen molar-refractivity contribution in [2.24, 2.45) is 28.2 Å². The molecule has 1 amide bonds. The van der Waals surface area contributed by atoms with Crippen LogP contribution in [0.4, 0.5) is 0 Å². The Morgan fingerprint density at radius 1 is 1.13 bits per heavy atom. The van der Waals surface area contributed by atoms with Crippen molar-refractivity contribution in [3.63, 3.8) is 0 Å². The van der Waals surface area contributed by atoms with Crippen LogP contribution >= 0.6 is 0 Å². The summed E-state index contributed by atoms with van der Waals surface area (Å²) in [5, 5.41) is 8.78. The number of carbonyl (C=O) groups excluding carboxylic acids is 2. The molecule has 1 saturated heterocycles. The standard InChI is InChI=1S/C31H50N2O3.C7H15NO.C2H6/c1-10-25(14-11-13-24(6)29(35)36-23(4)5)27(17-16-22(2)3)33-28(34)21-32-31(33)19-12-15-26(18-20-31)30(7,8)9;1-8-4-2-3-7(5-8)6-9;1-2/h10-11,13,21-23,26-27H,6,12,14-20H2,1-5,7-9H3;7,9H,2-6H2,1H3;1-2H3/b13-11?,25-10+;;. The van der Waals surface area contributed by atoms with Gasteiger partial charge in [0.05, 0.1) is 23.9 Å². The summed E-state index contributed by atoms with van der Waals surface area (Å²) in [7, 11) is 2.11. The summed E-state index contributed by atoms with van der Waals surface area (Å²) in [6, 6.07) is -0.0147. The molecule has 0 aromatic carbocycles. The predicted molar refractivity (Wildman–Crippen MR) is 198 cm³/mol. The monoisotopic (exact) mass is 658 g/mol. The van der Waals surface area contributed by atoms with E-state index in [0.717, 1.165) is 45.1 Å². The van der Waals surface area contributed by atoms with E-state index in [1.165, 1.54) is 31.4 Å². The molecule has 0 aromatic heterocycles. The van der Waals surface area contributed by atoms with Crippen molar-refractivity contribution in [1.82, 2.24) is 9.80 Å². The molecule has 1 N–H and O–H groups in total. The molecule has 3 aliphatic rings. The Morgan fingerprint density at radius 2 is 1.81 bits per heavy atom. The van der Waals surface area contributed by atoms with E-state index in [0.29, 0.717) is 36.4 Å². The zero-order valence-electron chi connectivity index (χ0n) is 32.1. The van der Waals surface area contributed by atoms with Crippen molar-refractivity contribution in [1.29, 1.82) is 0 Å². The fraction of sp³-hybridized carbons (Fsp3) is 0.775. The van der Waals surface area contributed by atoms with Gasteiger partial charge in [0, 0.05) is 13.2 Å². The largest absolute Gasteiger partial charge is 0.459 e. The van der Waals surface area contributed by atoms with Gasteiger partial charge in [0.2, 0.25) is 0 Å². The Bertz CT molecular complexity index is 1050. The van der Waals surface area contributed by atoms with E-state index in [2.05, 4.69) is 64.1 Å². The van der Waals surface area contributed by atoms with E-state index in [-0.39, 0.29) is 23.5 Å². The van der Waals surface area contributed by atoms with Gasteiger partial charge in [-0.1, -0.05) is 73.3 Å². The minimum Gasteiger partial charge on any atom is -0.459 e. The van der Waals surface area contributed by atoms with Crippen LogP contribution in [0.15, 0.2) is 40.9 Å². The molecule has 2 heterocycles. The SMILES string of the molecule is C=C(C=CC/C(=C\C)C(CCC(C)C)N1C(=O)C=NC12CCCC(C(C)(C)C)CC2)C(=O)OC(C)C.CC.CN1CCCC(CO)C1. The second-order valence-electron chi connectivity index (χ2n) is 15.3. The average molecular weight is 658 g/mol. The fourth-order valence-corrected chi connectivity index (χ4v) is 7.03. The molecule has 47 heavy (non-hydrogen) atoms. The number of esters is 1. The van der Waals surface area contributed by atoms with E-state index < -0.39 is 11.6 Å². The highest BCUT2D eigenvalue weighted by molar-refractivity contribution is 6.28. The first kappa shape index (κ1) is 42.8. The first-order valence-corrected chi connectivity index (χ1v) is 18.5. The first-order valence-electron chi connectivity index (χ1n) is 18.5. The third kappa shape index (κ3) is 14.0. The second-order valence-corrected chi connectivity index (χ2v) is 15.3. The fourth-order valence-electron chi connectivity index (χ4n) is 7.03. The van der Waals surface area contributed by atoms with Crippen molar-refractivity contribution < 1.29 is 19.4 Å². The number of allylic oxidation sites excluding steroid dienone is 2. The van der Waals surface area contributed by atoms with E-state index in [4.69, 9.17) is 14.8 Å². The van der Waals surface area contributed by atoms with Crippen LogP contribution in [0, 0.1) is 23.2 Å². The third-order valence-electron chi connectivity index (χ3n) is 9.73. The lowest BCUT2D eigenvalue weighted by molar-refractivity contribution is -0.142. The zero-order chi connectivity index (χ0) is 35.8. The lowest BCUT2D eigenvalue weighted by Gasteiger charge is -2.43. The Hall–Kier alpha value is -2.25. The highest BCUT2D eigenvalue weighted by Gasteiger charge is 2.48. The van der Waals surface area contributed by atoms with Crippen molar-refractivity contribution in [3.05, 3.63) is 36.0 Å². The Balaban J connectivity index is 0.000000851. The molecule has 7 heteroatoms. The summed E-state index contributed by atoms with van der Waals surface area (Å²) < 4.78 is 5.25. The van der Waals surface area contributed by atoms with Crippen molar-refractivity contribution in [3.8, 4) is 0 Å². The maximum absolute atomic E-state index is 13.4. The number of aliphatic hydroxyl groups excluding tert-OH is 1. The Morgan fingerprint density at radius 3 is 2.34 bits per heavy atom. The maximum Gasteiger partial charge on any atom is 0.337 e. The number of piperidine rings is 1. The summed E-state index contributed by atoms with van der Waals surface area (Å²) in [6.07, 6.45) is 17.5. The van der Waals surface area contributed by atoms with Crippen LogP contribution < -0.4 is 0 Å². The van der Waals surface area contributed by atoms with Crippen molar-refractivity contribution in [2.75, 3.05) is 26.7 Å². The van der Waals surface area contributed by atoms with Gasteiger partial charge >= 0.3 is 5.97 Å². The molecule has 4 atom stereocenters. The summed E-state index contributed by atoms with van der Waals surface area (Å²) in [4.78, 5) is 34.8. The highest BCUT2D eigenvalue weighted by atomic mass is 16.5. The summed E-state index contributed by atoms with van der Waals surface area (Å²) in [6.45, 7) is 27.7. The molecular weight excluding hydrogens is 586 g/mol. The number of aliphatic imine (C=N–C) groups is 1. The molecule has 3 rings (SSSR count). The number of amides is 1. The summed E-state index contributed by atoms with van der Waals surface area (Å²) in [5.41, 5.74) is 1.35. The average Bonchev–Trinajstić information content (AvgIpc) is 3.17. The van der Waals surface area contributed by atoms with Gasteiger partial charge in [0.1, 0.15) is 5.66 Å². The summed E-state index contributed by atoms with van der Waals surface area (Å²) >= 11 is 0. The van der Waals surface area contributed by atoms with Gasteiger partial charge in [-0.2, -0.15) is 0 Å². The zero-order valence-corrected chi connectivity index (χ0v) is 32.1. The number of nitrogens with zero attached hydrogens (tertiary/aromatic N) is 3. The molecule has 0 aromatic rings. The molecule has 270 valence electrons. The lowest BCUT2D eigenvalue weighted by Crippen LogP contribution is -2.52. The van der Waals surface area contributed by atoms with Crippen LogP contribution in [0.25, 0.3) is 0 Å². The molecule has 1 saturated carbocycles. The number of ether oxygens (including phenoxy) is 1. The summed E-state index contributed by atoms with van der Waals surface area (Å²) in [5.74, 6) is 1.36. The number of aliphatic hydroxyl groups is 1. The molecular formula is C40H71N3O4. The van der Waals surface area contributed by atoms with Gasteiger partial charge in [0.25, 0.3) is 5.91 Å². The van der Waals surface area contributed by atoms with Gasteiger partial charge in [-0.3, -0.25) is 9.79 Å². The molecule has 0 bridgehead atoms. The Kier molecular flexibility index (Phi) is 19.1. The number of rotatable bonds is 11. The normalized spacial score (nSPS) is 24.6. The number of likely N-dealkylation sites (tertiary alicyclic amines) is 1. The molecule has 7 nitrogen and oxygen atoms in total. The second kappa shape index (κ2) is 21.0. The van der Waals surface area contributed by atoms with E-state index >= 15 is 0 Å². The molecule has 4 unspecified atom stereocenters. The molecule has 2 aliphatic heterocycles. The van der Waals surface area contributed by atoms with Gasteiger partial charge in [-0.05, 0) is 127 Å². The first-order chi connectivity index (χ1) is 22.1. The van der Waals surface area contributed by atoms with Gasteiger partial charge < -0.3 is 19.6 Å². The predicted octanol–water partition coefficient (Wildman–Crippen LogP) is 8.77. The number of hydrogen-bond donors (Lipinski definition) is 1. The minimum atomic E-state index is -0.443. The van der Waals surface area contributed by atoms with Crippen LogP contribution in [0.5, 0.6) is 0 Å². The topological polar surface area (TPSA) is 82.4 Å². The minimum absolute atomic E-state index is 0.0147. The lowest BCUT2D eigenvalue weighted by atomic mass is 9.76. The highest BCUT2D eigenvalue weighted by Crippen LogP contribution is 2.45. The van der Waals surface area contributed by atoms with Gasteiger partial charge in [-0.15, -0.1) is 0 Å².